The van der Waals surface area contributed by atoms with E-state index in [-0.39, 0.29) is 16.3 Å². The summed E-state index contributed by atoms with van der Waals surface area (Å²) in [6.45, 7) is 0. The van der Waals surface area contributed by atoms with E-state index in [1.165, 1.54) is 42.6 Å². The normalized spacial score (nSPS) is 11.0. The van der Waals surface area contributed by atoms with Crippen molar-refractivity contribution in [3.8, 4) is 0 Å². The molecule has 8 heteroatoms. The van der Waals surface area contributed by atoms with Gasteiger partial charge in [-0.25, -0.2) is 19.3 Å². The topological polar surface area (TPSA) is 71.5 Å². The minimum atomic E-state index is -0.624. The van der Waals surface area contributed by atoms with Crippen molar-refractivity contribution in [2.45, 2.75) is 5.03 Å². The Balaban J connectivity index is 1.82. The first-order valence-corrected chi connectivity index (χ1v) is 7.27. The number of hydrogen-bond donors (Lipinski definition) is 1. The molecule has 0 aliphatic rings. The standard InChI is InChI=1S/C13H8ClFN4OS/c14-7-2-1-3-8(15)10(7)9(20)4-21-13-11-12(17-5-16-11)18-6-19-13/h1-3,5-6H,4H2,(H,16,17,18,19). The molecule has 0 spiro atoms. The summed E-state index contributed by atoms with van der Waals surface area (Å²) in [7, 11) is 0. The Morgan fingerprint density at radius 1 is 1.33 bits per heavy atom. The van der Waals surface area contributed by atoms with Gasteiger partial charge in [0.1, 0.15) is 22.7 Å². The second-order valence-corrected chi connectivity index (χ2v) is 5.46. The number of nitrogens with zero attached hydrogens (tertiary/aromatic N) is 3. The van der Waals surface area contributed by atoms with Gasteiger partial charge < -0.3 is 4.98 Å². The van der Waals surface area contributed by atoms with E-state index in [2.05, 4.69) is 19.9 Å². The van der Waals surface area contributed by atoms with Crippen molar-refractivity contribution in [3.05, 3.63) is 47.3 Å². The van der Waals surface area contributed by atoms with Gasteiger partial charge in [0.25, 0.3) is 0 Å². The van der Waals surface area contributed by atoms with Crippen molar-refractivity contribution in [2.75, 3.05) is 5.75 Å². The Labute approximate surface area is 128 Å². The van der Waals surface area contributed by atoms with Gasteiger partial charge in [-0.3, -0.25) is 4.79 Å². The number of hydrogen-bond acceptors (Lipinski definition) is 5. The maximum Gasteiger partial charge on any atom is 0.177 e. The first-order chi connectivity index (χ1) is 10.2. The molecule has 0 atom stereocenters. The highest BCUT2D eigenvalue weighted by Gasteiger charge is 2.17. The minimum Gasteiger partial charge on any atom is -0.329 e. The number of halogens is 2. The van der Waals surface area contributed by atoms with Crippen LogP contribution in [0, 0.1) is 5.82 Å². The Bertz CT molecular complexity index is 803. The zero-order chi connectivity index (χ0) is 14.8. The zero-order valence-corrected chi connectivity index (χ0v) is 12.1. The van der Waals surface area contributed by atoms with Crippen LogP contribution in [0.4, 0.5) is 4.39 Å². The third kappa shape index (κ3) is 2.74. The molecule has 1 N–H and O–H groups in total. The number of ketones is 1. The van der Waals surface area contributed by atoms with Crippen LogP contribution >= 0.6 is 23.4 Å². The van der Waals surface area contributed by atoms with Gasteiger partial charge in [0.2, 0.25) is 0 Å². The van der Waals surface area contributed by atoms with Crippen LogP contribution < -0.4 is 0 Å². The Hall–Kier alpha value is -1.99. The maximum atomic E-state index is 13.7. The molecule has 5 nitrogen and oxygen atoms in total. The molecule has 3 rings (SSSR count). The summed E-state index contributed by atoms with van der Waals surface area (Å²) in [5, 5.41) is 0.662. The van der Waals surface area contributed by atoms with Gasteiger partial charge in [-0.05, 0) is 12.1 Å². The lowest BCUT2D eigenvalue weighted by molar-refractivity contribution is 0.101. The van der Waals surface area contributed by atoms with Crippen LogP contribution in [0.25, 0.3) is 11.2 Å². The molecule has 2 aromatic heterocycles. The fraction of sp³-hybridized carbons (Fsp3) is 0.0769. The maximum absolute atomic E-state index is 13.7. The summed E-state index contributed by atoms with van der Waals surface area (Å²) >= 11 is 7.04. The lowest BCUT2D eigenvalue weighted by Crippen LogP contribution is -2.06. The van der Waals surface area contributed by atoms with Crippen molar-refractivity contribution in [2.24, 2.45) is 0 Å². The number of H-pyrrole nitrogens is 1. The molecule has 21 heavy (non-hydrogen) atoms. The SMILES string of the molecule is O=C(CSc1ncnc2[nH]cnc12)c1c(F)cccc1Cl. The molecule has 0 aliphatic carbocycles. The van der Waals surface area contributed by atoms with Gasteiger partial charge in [0.15, 0.2) is 11.4 Å². The molecule has 0 bridgehead atoms. The predicted octanol–water partition coefficient (Wildman–Crippen LogP) is 3.12. The second kappa shape index (κ2) is 5.79. The molecule has 1 aromatic carbocycles. The number of carbonyl (C=O) groups is 1. The molecule has 0 aliphatic heterocycles. The minimum absolute atomic E-state index is 0.0135. The number of benzene rings is 1. The summed E-state index contributed by atoms with van der Waals surface area (Å²) < 4.78 is 13.7. The van der Waals surface area contributed by atoms with E-state index >= 15 is 0 Å². The first kappa shape index (κ1) is 14.0. The molecule has 106 valence electrons. The van der Waals surface area contributed by atoms with E-state index in [1.807, 2.05) is 0 Å². The number of Topliss-reactive ketones (excluding diaryl/α,β-unsaturated/α-hetero) is 1. The van der Waals surface area contributed by atoms with Crippen molar-refractivity contribution in [1.29, 1.82) is 0 Å². The quantitative estimate of drug-likeness (QED) is 0.454. The van der Waals surface area contributed by atoms with Crippen molar-refractivity contribution >= 4 is 40.3 Å². The lowest BCUT2D eigenvalue weighted by Gasteiger charge is -2.04. The number of carbonyl (C=O) groups excluding carboxylic acids is 1. The van der Waals surface area contributed by atoms with Crippen molar-refractivity contribution in [3.63, 3.8) is 0 Å². The van der Waals surface area contributed by atoms with E-state index in [0.29, 0.717) is 16.2 Å². The van der Waals surface area contributed by atoms with E-state index in [9.17, 15) is 9.18 Å². The summed E-state index contributed by atoms with van der Waals surface area (Å²) in [5.74, 6) is -1.01. The van der Waals surface area contributed by atoms with Gasteiger partial charge in [0.05, 0.1) is 22.7 Å². The first-order valence-electron chi connectivity index (χ1n) is 5.91. The third-order valence-corrected chi connectivity index (χ3v) is 4.06. The molecule has 0 fully saturated rings. The molecule has 0 radical (unpaired) electrons. The van der Waals surface area contributed by atoms with Gasteiger partial charge >= 0.3 is 0 Å². The number of aromatic nitrogens is 4. The number of fused-ring (bicyclic) bond motifs is 1. The number of thioether (sulfide) groups is 1. The smallest absolute Gasteiger partial charge is 0.177 e. The van der Waals surface area contributed by atoms with Crippen LogP contribution in [-0.4, -0.2) is 31.5 Å². The Morgan fingerprint density at radius 3 is 3.00 bits per heavy atom. The number of imidazole rings is 1. The van der Waals surface area contributed by atoms with Crippen LogP contribution in [0.2, 0.25) is 5.02 Å². The predicted molar refractivity (Wildman–Crippen MR) is 78.1 cm³/mol. The summed E-state index contributed by atoms with van der Waals surface area (Å²) in [4.78, 5) is 27.2. The molecule has 3 aromatic rings. The van der Waals surface area contributed by atoms with Gasteiger partial charge in [0, 0.05) is 0 Å². The van der Waals surface area contributed by atoms with Crippen LogP contribution in [0.3, 0.4) is 0 Å². The van der Waals surface area contributed by atoms with Crippen LogP contribution in [-0.2, 0) is 0 Å². The Morgan fingerprint density at radius 2 is 2.19 bits per heavy atom. The highest BCUT2D eigenvalue weighted by Crippen LogP contribution is 2.25. The average Bonchev–Trinajstić information content (AvgIpc) is 2.93. The highest BCUT2D eigenvalue weighted by molar-refractivity contribution is 8.00. The largest absolute Gasteiger partial charge is 0.329 e. The van der Waals surface area contributed by atoms with Crippen LogP contribution in [0.15, 0.2) is 35.9 Å². The third-order valence-electron chi connectivity index (χ3n) is 2.77. The van der Waals surface area contributed by atoms with E-state index in [4.69, 9.17) is 11.6 Å². The summed E-state index contributed by atoms with van der Waals surface area (Å²) in [5.41, 5.74) is 1.07. The van der Waals surface area contributed by atoms with Gasteiger partial charge in [-0.1, -0.05) is 29.4 Å². The molecule has 0 unspecified atom stereocenters. The fourth-order valence-corrected chi connectivity index (χ4v) is 2.91. The molecular formula is C13H8ClFN4OS. The Kier molecular flexibility index (Phi) is 3.85. The average molecular weight is 323 g/mol. The molecule has 2 heterocycles. The number of rotatable bonds is 4. The monoisotopic (exact) mass is 322 g/mol. The van der Waals surface area contributed by atoms with Crippen LogP contribution in [0.1, 0.15) is 10.4 Å². The molecule has 0 amide bonds. The molecular weight excluding hydrogens is 315 g/mol. The van der Waals surface area contributed by atoms with Crippen molar-refractivity contribution < 1.29 is 9.18 Å². The second-order valence-electron chi connectivity index (χ2n) is 4.09. The van der Waals surface area contributed by atoms with Crippen molar-refractivity contribution in [1.82, 2.24) is 19.9 Å². The molecule has 0 saturated heterocycles. The fourth-order valence-electron chi connectivity index (χ4n) is 1.82. The van der Waals surface area contributed by atoms with E-state index < -0.39 is 11.6 Å². The lowest BCUT2D eigenvalue weighted by atomic mass is 10.1. The number of aromatic amines is 1. The molecule has 0 saturated carbocycles. The van der Waals surface area contributed by atoms with Gasteiger partial charge in [-0.2, -0.15) is 0 Å². The zero-order valence-electron chi connectivity index (χ0n) is 10.5. The summed E-state index contributed by atoms with van der Waals surface area (Å²) in [6, 6.07) is 4.15. The van der Waals surface area contributed by atoms with E-state index in [0.717, 1.165) is 0 Å². The highest BCUT2D eigenvalue weighted by atomic mass is 35.5. The summed E-state index contributed by atoms with van der Waals surface area (Å²) in [6.07, 6.45) is 2.88. The van der Waals surface area contributed by atoms with E-state index in [1.54, 1.807) is 0 Å². The van der Waals surface area contributed by atoms with Gasteiger partial charge in [-0.15, -0.1) is 0 Å². The van der Waals surface area contributed by atoms with Crippen LogP contribution in [0.5, 0.6) is 0 Å². The number of nitrogens with one attached hydrogen (secondary N) is 1.